The van der Waals surface area contributed by atoms with Gasteiger partial charge in [0.15, 0.2) is 0 Å². The maximum atomic E-state index is 10.6. The molecular weight excluding hydrogens is 222 g/mol. The van der Waals surface area contributed by atoms with Gasteiger partial charge in [-0.3, -0.25) is 4.90 Å². The normalized spacial score (nSPS) is 23.1. The number of fused-ring (bicyclic) bond motifs is 1. The van der Waals surface area contributed by atoms with Crippen molar-refractivity contribution < 1.29 is 5.11 Å². The Morgan fingerprint density at radius 2 is 1.83 bits per heavy atom. The molecule has 0 aliphatic heterocycles. The Morgan fingerprint density at radius 1 is 1.17 bits per heavy atom. The zero-order valence-electron chi connectivity index (χ0n) is 11.6. The molecule has 0 bridgehead atoms. The number of hydrogen-bond acceptors (Lipinski definition) is 2. The Balaban J connectivity index is 2.16. The second-order valence-corrected chi connectivity index (χ2v) is 5.29. The highest BCUT2D eigenvalue weighted by Crippen LogP contribution is 2.32. The molecule has 2 atom stereocenters. The molecule has 2 heteroatoms. The molecular formula is C16H25NO. The monoisotopic (exact) mass is 247 g/mol. The summed E-state index contributed by atoms with van der Waals surface area (Å²) in [5.41, 5.74) is 2.47. The molecule has 0 saturated carbocycles. The molecule has 2 nitrogen and oxygen atoms in total. The van der Waals surface area contributed by atoms with Gasteiger partial charge in [-0.15, -0.1) is 0 Å². The van der Waals surface area contributed by atoms with Crippen LogP contribution in [-0.2, 0) is 6.42 Å². The standard InChI is InChI=1S/C16H25NO/c1-3-11-17(12-4-2)15-10-9-13-7-5-6-8-14(13)16(15)18/h5-8,15-16,18H,3-4,9-12H2,1-2H3/t15?,16-/m1/s1. The van der Waals surface area contributed by atoms with E-state index in [2.05, 4.69) is 36.9 Å². The maximum absolute atomic E-state index is 10.6. The summed E-state index contributed by atoms with van der Waals surface area (Å²) in [5.74, 6) is 0. The fraction of sp³-hybridized carbons (Fsp3) is 0.625. The van der Waals surface area contributed by atoms with E-state index in [4.69, 9.17) is 0 Å². The smallest absolute Gasteiger partial charge is 0.0947 e. The van der Waals surface area contributed by atoms with Crippen molar-refractivity contribution in [1.29, 1.82) is 0 Å². The summed E-state index contributed by atoms with van der Waals surface area (Å²) in [6.45, 7) is 6.62. The first-order valence-corrected chi connectivity index (χ1v) is 7.27. The van der Waals surface area contributed by atoms with Crippen molar-refractivity contribution in [2.75, 3.05) is 13.1 Å². The Kier molecular flexibility index (Phi) is 4.79. The number of rotatable bonds is 5. The minimum atomic E-state index is -0.312. The van der Waals surface area contributed by atoms with Crippen LogP contribution in [0.25, 0.3) is 0 Å². The molecule has 0 heterocycles. The number of benzene rings is 1. The quantitative estimate of drug-likeness (QED) is 0.864. The molecule has 2 rings (SSSR count). The third-order valence-electron chi connectivity index (χ3n) is 3.94. The van der Waals surface area contributed by atoms with Crippen LogP contribution in [0.3, 0.4) is 0 Å². The number of aryl methyl sites for hydroxylation is 1. The topological polar surface area (TPSA) is 23.5 Å². The number of aliphatic hydroxyl groups is 1. The van der Waals surface area contributed by atoms with Gasteiger partial charge < -0.3 is 5.11 Å². The molecule has 0 aromatic heterocycles. The first kappa shape index (κ1) is 13.6. The Bertz CT molecular complexity index is 371. The molecule has 0 fully saturated rings. The highest BCUT2D eigenvalue weighted by atomic mass is 16.3. The van der Waals surface area contributed by atoms with E-state index in [1.54, 1.807) is 0 Å². The Labute approximate surface area is 111 Å². The van der Waals surface area contributed by atoms with Crippen LogP contribution in [0.2, 0.25) is 0 Å². The minimum Gasteiger partial charge on any atom is -0.387 e. The van der Waals surface area contributed by atoms with Crippen molar-refractivity contribution in [2.24, 2.45) is 0 Å². The van der Waals surface area contributed by atoms with E-state index in [9.17, 15) is 5.11 Å². The molecule has 1 aliphatic rings. The van der Waals surface area contributed by atoms with Crippen molar-refractivity contribution in [3.05, 3.63) is 35.4 Å². The highest BCUT2D eigenvalue weighted by molar-refractivity contribution is 5.32. The van der Waals surface area contributed by atoms with E-state index in [1.807, 2.05) is 6.07 Å². The van der Waals surface area contributed by atoms with E-state index < -0.39 is 0 Å². The summed E-state index contributed by atoms with van der Waals surface area (Å²) in [7, 11) is 0. The van der Waals surface area contributed by atoms with E-state index in [1.165, 1.54) is 5.56 Å². The van der Waals surface area contributed by atoms with Gasteiger partial charge in [-0.25, -0.2) is 0 Å². The molecule has 0 radical (unpaired) electrons. The number of aliphatic hydroxyl groups excluding tert-OH is 1. The van der Waals surface area contributed by atoms with Crippen LogP contribution in [0.4, 0.5) is 0 Å². The average molecular weight is 247 g/mol. The van der Waals surface area contributed by atoms with Gasteiger partial charge in [0, 0.05) is 6.04 Å². The van der Waals surface area contributed by atoms with Gasteiger partial charge in [0.2, 0.25) is 0 Å². The predicted octanol–water partition coefficient (Wildman–Crippen LogP) is 3.16. The fourth-order valence-electron chi connectivity index (χ4n) is 3.12. The molecule has 1 aromatic carbocycles. The summed E-state index contributed by atoms with van der Waals surface area (Å²) in [5, 5.41) is 10.6. The van der Waals surface area contributed by atoms with Gasteiger partial charge in [-0.2, -0.15) is 0 Å². The summed E-state index contributed by atoms with van der Waals surface area (Å²) < 4.78 is 0. The van der Waals surface area contributed by atoms with Gasteiger partial charge >= 0.3 is 0 Å². The van der Waals surface area contributed by atoms with Gasteiger partial charge in [-0.05, 0) is 49.9 Å². The summed E-state index contributed by atoms with van der Waals surface area (Å²) in [6.07, 6.45) is 4.18. The third-order valence-corrected chi connectivity index (χ3v) is 3.94. The summed E-state index contributed by atoms with van der Waals surface area (Å²) in [6, 6.07) is 8.65. The zero-order valence-corrected chi connectivity index (χ0v) is 11.6. The van der Waals surface area contributed by atoms with Crippen molar-refractivity contribution in [1.82, 2.24) is 4.90 Å². The maximum Gasteiger partial charge on any atom is 0.0947 e. The van der Waals surface area contributed by atoms with Gasteiger partial charge in [0.1, 0.15) is 0 Å². The fourth-order valence-corrected chi connectivity index (χ4v) is 3.12. The van der Waals surface area contributed by atoms with E-state index in [-0.39, 0.29) is 6.10 Å². The van der Waals surface area contributed by atoms with Crippen LogP contribution in [0.15, 0.2) is 24.3 Å². The summed E-state index contributed by atoms with van der Waals surface area (Å²) in [4.78, 5) is 2.47. The lowest BCUT2D eigenvalue weighted by Gasteiger charge is -2.38. The molecule has 1 aromatic rings. The first-order valence-electron chi connectivity index (χ1n) is 7.27. The lowest BCUT2D eigenvalue weighted by Crippen LogP contribution is -2.43. The average Bonchev–Trinajstić information content (AvgIpc) is 2.39. The lowest BCUT2D eigenvalue weighted by molar-refractivity contribution is 0.0358. The van der Waals surface area contributed by atoms with Crippen molar-refractivity contribution in [3.8, 4) is 0 Å². The van der Waals surface area contributed by atoms with Gasteiger partial charge in [0.25, 0.3) is 0 Å². The minimum absolute atomic E-state index is 0.305. The van der Waals surface area contributed by atoms with Crippen LogP contribution in [0.1, 0.15) is 50.3 Å². The van der Waals surface area contributed by atoms with Crippen LogP contribution in [0.5, 0.6) is 0 Å². The molecule has 18 heavy (non-hydrogen) atoms. The molecule has 1 unspecified atom stereocenters. The molecule has 0 spiro atoms. The van der Waals surface area contributed by atoms with Crippen molar-refractivity contribution in [3.63, 3.8) is 0 Å². The zero-order chi connectivity index (χ0) is 13.0. The van der Waals surface area contributed by atoms with E-state index in [0.29, 0.717) is 6.04 Å². The lowest BCUT2D eigenvalue weighted by atomic mass is 9.85. The van der Waals surface area contributed by atoms with Gasteiger partial charge in [-0.1, -0.05) is 38.1 Å². The van der Waals surface area contributed by atoms with Gasteiger partial charge in [0.05, 0.1) is 6.10 Å². The Hall–Kier alpha value is -0.860. The first-order chi connectivity index (χ1) is 8.77. The molecule has 1 aliphatic carbocycles. The number of hydrogen-bond donors (Lipinski definition) is 1. The second kappa shape index (κ2) is 6.35. The molecule has 0 amide bonds. The third kappa shape index (κ3) is 2.76. The highest BCUT2D eigenvalue weighted by Gasteiger charge is 2.31. The van der Waals surface area contributed by atoms with Crippen LogP contribution in [0, 0.1) is 0 Å². The SMILES string of the molecule is CCCN(CCC)C1CCc2ccccc2[C@H]1O. The molecule has 1 N–H and O–H groups in total. The van der Waals surface area contributed by atoms with E-state index >= 15 is 0 Å². The van der Waals surface area contributed by atoms with Crippen LogP contribution >= 0.6 is 0 Å². The molecule has 100 valence electrons. The Morgan fingerprint density at radius 3 is 2.50 bits per heavy atom. The summed E-state index contributed by atoms with van der Waals surface area (Å²) >= 11 is 0. The van der Waals surface area contributed by atoms with E-state index in [0.717, 1.165) is 44.3 Å². The largest absolute Gasteiger partial charge is 0.387 e. The predicted molar refractivity (Wildman–Crippen MR) is 75.7 cm³/mol. The van der Waals surface area contributed by atoms with Crippen LogP contribution in [-0.4, -0.2) is 29.1 Å². The second-order valence-electron chi connectivity index (χ2n) is 5.29. The number of nitrogens with zero attached hydrogens (tertiary/aromatic N) is 1. The molecule has 0 saturated heterocycles. The van der Waals surface area contributed by atoms with Crippen molar-refractivity contribution in [2.45, 2.75) is 51.7 Å². The van der Waals surface area contributed by atoms with Crippen molar-refractivity contribution >= 4 is 0 Å². The van der Waals surface area contributed by atoms with Crippen LogP contribution < -0.4 is 0 Å².